The highest BCUT2D eigenvalue weighted by atomic mass is 35.5. The topological polar surface area (TPSA) is 32.3 Å². The molecule has 4 heteroatoms. The molecule has 1 aromatic rings. The molecule has 2 N–H and O–H groups in total. The van der Waals surface area contributed by atoms with Gasteiger partial charge in [-0.3, -0.25) is 0 Å². The molecule has 2 nitrogen and oxygen atoms in total. The van der Waals surface area contributed by atoms with Crippen molar-refractivity contribution in [1.29, 1.82) is 0 Å². The third kappa shape index (κ3) is 3.84. The molecule has 14 heavy (non-hydrogen) atoms. The summed E-state index contributed by atoms with van der Waals surface area (Å²) in [6, 6.07) is 5.48. The summed E-state index contributed by atoms with van der Waals surface area (Å²) in [7, 11) is 0. The van der Waals surface area contributed by atoms with Crippen molar-refractivity contribution in [2.45, 2.75) is 19.5 Å². The van der Waals surface area contributed by atoms with E-state index in [0.29, 0.717) is 16.6 Å². The van der Waals surface area contributed by atoms with Gasteiger partial charge in [0.1, 0.15) is 0 Å². The Balaban J connectivity index is 2.58. The van der Waals surface area contributed by atoms with Crippen LogP contribution in [0.4, 0.5) is 0 Å². The van der Waals surface area contributed by atoms with E-state index in [-0.39, 0.29) is 12.6 Å². The molecule has 0 aliphatic rings. The number of halogens is 2. The molecular formula is C10H13Cl2NO. The molecule has 78 valence electrons. The molecule has 1 atom stereocenters. The lowest BCUT2D eigenvalue weighted by Gasteiger charge is -2.10. The van der Waals surface area contributed by atoms with E-state index in [0.717, 1.165) is 5.56 Å². The van der Waals surface area contributed by atoms with Gasteiger partial charge in [-0.15, -0.1) is 0 Å². The molecular weight excluding hydrogens is 221 g/mol. The summed E-state index contributed by atoms with van der Waals surface area (Å²) >= 11 is 11.7. The van der Waals surface area contributed by atoms with Crippen LogP contribution in [0.5, 0.6) is 0 Å². The van der Waals surface area contributed by atoms with Crippen LogP contribution in [-0.4, -0.2) is 17.8 Å². The van der Waals surface area contributed by atoms with E-state index in [9.17, 15) is 0 Å². The first-order chi connectivity index (χ1) is 6.61. The van der Waals surface area contributed by atoms with Gasteiger partial charge >= 0.3 is 0 Å². The predicted octanol–water partition coefficient (Wildman–Crippen LogP) is 2.46. The Hall–Kier alpha value is -0.280. The van der Waals surface area contributed by atoms with Crippen LogP contribution < -0.4 is 5.32 Å². The monoisotopic (exact) mass is 233 g/mol. The number of aliphatic hydroxyl groups is 1. The number of hydrogen-bond donors (Lipinski definition) is 2. The van der Waals surface area contributed by atoms with Gasteiger partial charge in [-0.25, -0.2) is 0 Å². The van der Waals surface area contributed by atoms with E-state index in [2.05, 4.69) is 5.32 Å². The van der Waals surface area contributed by atoms with Gasteiger partial charge in [0.05, 0.1) is 6.61 Å². The van der Waals surface area contributed by atoms with Gasteiger partial charge in [0.25, 0.3) is 0 Å². The minimum absolute atomic E-state index is 0.0766. The molecule has 0 spiro atoms. The van der Waals surface area contributed by atoms with Gasteiger partial charge in [0.2, 0.25) is 0 Å². The minimum atomic E-state index is 0.0766. The number of rotatable bonds is 4. The van der Waals surface area contributed by atoms with Crippen LogP contribution in [0.2, 0.25) is 10.0 Å². The number of nitrogens with one attached hydrogen (secondary N) is 1. The van der Waals surface area contributed by atoms with Crippen LogP contribution in [0.1, 0.15) is 12.5 Å². The van der Waals surface area contributed by atoms with Crippen molar-refractivity contribution in [2.24, 2.45) is 0 Å². The number of benzene rings is 1. The first-order valence-corrected chi connectivity index (χ1v) is 5.16. The predicted molar refractivity (Wildman–Crippen MR) is 59.8 cm³/mol. The van der Waals surface area contributed by atoms with Crippen molar-refractivity contribution in [2.75, 3.05) is 6.61 Å². The van der Waals surface area contributed by atoms with Gasteiger partial charge in [-0.2, -0.15) is 0 Å². The van der Waals surface area contributed by atoms with Crippen LogP contribution in [0.15, 0.2) is 18.2 Å². The highest BCUT2D eigenvalue weighted by Gasteiger charge is 2.01. The van der Waals surface area contributed by atoms with Gasteiger partial charge in [-0.05, 0) is 30.7 Å². The molecule has 0 saturated carbocycles. The Kier molecular flexibility index (Phi) is 4.69. The first-order valence-electron chi connectivity index (χ1n) is 4.41. The maximum absolute atomic E-state index is 8.81. The quantitative estimate of drug-likeness (QED) is 0.838. The summed E-state index contributed by atoms with van der Waals surface area (Å²) < 4.78 is 0. The molecule has 0 aliphatic heterocycles. The Morgan fingerprint density at radius 2 is 1.86 bits per heavy atom. The maximum atomic E-state index is 8.81. The standard InChI is InChI=1S/C10H13Cl2NO/c1-7(6-14)13-5-8-2-9(11)4-10(12)3-8/h2-4,7,13-14H,5-6H2,1H3/t7-/m0/s1. The van der Waals surface area contributed by atoms with Crippen molar-refractivity contribution in [3.05, 3.63) is 33.8 Å². The molecule has 0 bridgehead atoms. The fraction of sp³-hybridized carbons (Fsp3) is 0.400. The van der Waals surface area contributed by atoms with Crippen LogP contribution in [0.3, 0.4) is 0 Å². The van der Waals surface area contributed by atoms with Crippen molar-refractivity contribution in [3.63, 3.8) is 0 Å². The normalized spacial score (nSPS) is 12.9. The largest absolute Gasteiger partial charge is 0.395 e. The molecule has 0 radical (unpaired) electrons. The summed E-state index contributed by atoms with van der Waals surface area (Å²) in [5.74, 6) is 0. The zero-order chi connectivity index (χ0) is 10.6. The lowest BCUT2D eigenvalue weighted by Crippen LogP contribution is -2.28. The third-order valence-corrected chi connectivity index (χ3v) is 2.29. The minimum Gasteiger partial charge on any atom is -0.395 e. The number of hydrogen-bond acceptors (Lipinski definition) is 2. The Morgan fingerprint density at radius 3 is 2.36 bits per heavy atom. The lowest BCUT2D eigenvalue weighted by atomic mass is 10.2. The smallest absolute Gasteiger partial charge is 0.0582 e. The van der Waals surface area contributed by atoms with E-state index in [4.69, 9.17) is 28.3 Å². The average molecular weight is 234 g/mol. The van der Waals surface area contributed by atoms with Crippen molar-refractivity contribution in [3.8, 4) is 0 Å². The molecule has 0 aliphatic carbocycles. The van der Waals surface area contributed by atoms with Crippen molar-refractivity contribution < 1.29 is 5.11 Å². The number of aliphatic hydroxyl groups excluding tert-OH is 1. The molecule has 0 heterocycles. The first kappa shape index (κ1) is 11.8. The Morgan fingerprint density at radius 1 is 1.29 bits per heavy atom. The van der Waals surface area contributed by atoms with Crippen molar-refractivity contribution in [1.82, 2.24) is 5.32 Å². The van der Waals surface area contributed by atoms with Gasteiger partial charge in [-0.1, -0.05) is 23.2 Å². The molecule has 0 saturated heterocycles. The van der Waals surface area contributed by atoms with E-state index >= 15 is 0 Å². The average Bonchev–Trinajstić information content (AvgIpc) is 2.12. The van der Waals surface area contributed by atoms with E-state index in [1.165, 1.54) is 0 Å². The third-order valence-electron chi connectivity index (χ3n) is 1.85. The molecule has 0 amide bonds. The second-order valence-corrected chi connectivity index (χ2v) is 4.12. The summed E-state index contributed by atoms with van der Waals surface area (Å²) in [6.07, 6.45) is 0. The molecule has 0 unspecified atom stereocenters. The summed E-state index contributed by atoms with van der Waals surface area (Å²) in [5.41, 5.74) is 1.02. The second-order valence-electron chi connectivity index (χ2n) is 3.24. The van der Waals surface area contributed by atoms with E-state index in [1.807, 2.05) is 19.1 Å². The van der Waals surface area contributed by atoms with Crippen molar-refractivity contribution >= 4 is 23.2 Å². The fourth-order valence-corrected chi connectivity index (χ4v) is 1.64. The van der Waals surface area contributed by atoms with Gasteiger partial charge in [0.15, 0.2) is 0 Å². The maximum Gasteiger partial charge on any atom is 0.0582 e. The Labute approximate surface area is 93.8 Å². The van der Waals surface area contributed by atoms with Gasteiger partial charge < -0.3 is 10.4 Å². The van der Waals surface area contributed by atoms with Crippen LogP contribution in [0, 0.1) is 0 Å². The molecule has 1 rings (SSSR count). The van der Waals surface area contributed by atoms with Crippen LogP contribution in [0.25, 0.3) is 0 Å². The van der Waals surface area contributed by atoms with Crippen LogP contribution in [-0.2, 0) is 6.54 Å². The molecule has 1 aromatic carbocycles. The van der Waals surface area contributed by atoms with E-state index in [1.54, 1.807) is 6.07 Å². The molecule has 0 fully saturated rings. The lowest BCUT2D eigenvalue weighted by molar-refractivity contribution is 0.251. The van der Waals surface area contributed by atoms with E-state index < -0.39 is 0 Å². The SMILES string of the molecule is C[C@@H](CO)NCc1cc(Cl)cc(Cl)c1. The highest BCUT2D eigenvalue weighted by molar-refractivity contribution is 6.34. The summed E-state index contributed by atoms with van der Waals surface area (Å²) in [5, 5.41) is 13.2. The highest BCUT2D eigenvalue weighted by Crippen LogP contribution is 2.18. The molecule has 0 aromatic heterocycles. The Bertz CT molecular complexity index is 284. The summed E-state index contributed by atoms with van der Waals surface area (Å²) in [6.45, 7) is 2.68. The zero-order valence-corrected chi connectivity index (χ0v) is 9.44. The van der Waals surface area contributed by atoms with Crippen LogP contribution >= 0.6 is 23.2 Å². The summed E-state index contributed by atoms with van der Waals surface area (Å²) in [4.78, 5) is 0. The zero-order valence-electron chi connectivity index (χ0n) is 7.93. The fourth-order valence-electron chi connectivity index (χ4n) is 1.07. The second kappa shape index (κ2) is 5.56. The van der Waals surface area contributed by atoms with Gasteiger partial charge in [0, 0.05) is 22.6 Å².